The SMILES string of the molecule is NC(=NO)C1(C(=O)N2CCCSCC2)CCOCC1. The van der Waals surface area contributed by atoms with Crippen LogP contribution in [0.1, 0.15) is 19.3 Å². The predicted molar refractivity (Wildman–Crippen MR) is 74.4 cm³/mol. The van der Waals surface area contributed by atoms with E-state index in [1.807, 2.05) is 16.7 Å². The van der Waals surface area contributed by atoms with E-state index < -0.39 is 5.41 Å². The third-order valence-electron chi connectivity index (χ3n) is 3.86. The molecule has 0 unspecified atom stereocenters. The lowest BCUT2D eigenvalue weighted by Gasteiger charge is -2.38. The van der Waals surface area contributed by atoms with Crippen molar-refractivity contribution in [2.24, 2.45) is 16.3 Å². The maximum atomic E-state index is 12.8. The van der Waals surface area contributed by atoms with Crippen LogP contribution in [0.4, 0.5) is 0 Å². The van der Waals surface area contributed by atoms with Crippen molar-refractivity contribution in [1.82, 2.24) is 4.90 Å². The highest BCUT2D eigenvalue weighted by Gasteiger charge is 2.46. The number of rotatable bonds is 2. The van der Waals surface area contributed by atoms with E-state index in [4.69, 9.17) is 15.7 Å². The molecule has 108 valence electrons. The van der Waals surface area contributed by atoms with Crippen molar-refractivity contribution in [3.05, 3.63) is 0 Å². The minimum Gasteiger partial charge on any atom is -0.409 e. The van der Waals surface area contributed by atoms with Gasteiger partial charge in [0.05, 0.1) is 0 Å². The van der Waals surface area contributed by atoms with E-state index in [0.29, 0.717) is 26.1 Å². The predicted octanol–water partition coefficient (Wildman–Crippen LogP) is 0.495. The van der Waals surface area contributed by atoms with Gasteiger partial charge in [-0.2, -0.15) is 11.8 Å². The van der Waals surface area contributed by atoms with Crippen LogP contribution in [0.3, 0.4) is 0 Å². The molecule has 0 aromatic rings. The number of hydrogen-bond acceptors (Lipinski definition) is 5. The highest BCUT2D eigenvalue weighted by molar-refractivity contribution is 7.99. The van der Waals surface area contributed by atoms with Gasteiger partial charge < -0.3 is 20.6 Å². The molecule has 0 radical (unpaired) electrons. The van der Waals surface area contributed by atoms with Gasteiger partial charge in [0.15, 0.2) is 5.84 Å². The van der Waals surface area contributed by atoms with Gasteiger partial charge in [-0.1, -0.05) is 5.16 Å². The lowest BCUT2D eigenvalue weighted by molar-refractivity contribution is -0.142. The van der Waals surface area contributed by atoms with Gasteiger partial charge in [0.2, 0.25) is 5.91 Å². The summed E-state index contributed by atoms with van der Waals surface area (Å²) in [7, 11) is 0. The number of carbonyl (C=O) groups excluding carboxylic acids is 1. The van der Waals surface area contributed by atoms with Crippen molar-refractivity contribution in [1.29, 1.82) is 0 Å². The number of thioether (sulfide) groups is 1. The Morgan fingerprint density at radius 1 is 1.32 bits per heavy atom. The van der Waals surface area contributed by atoms with E-state index in [0.717, 1.165) is 31.0 Å². The van der Waals surface area contributed by atoms with Crippen LogP contribution in [0.25, 0.3) is 0 Å². The standard InChI is InChI=1S/C12H21N3O3S/c13-10(14-17)12(2-6-18-7-3-12)11(16)15-4-1-8-19-9-5-15/h17H,1-9H2,(H2,13,14). The molecule has 0 bridgehead atoms. The summed E-state index contributed by atoms with van der Waals surface area (Å²) in [5.41, 5.74) is 4.95. The molecule has 2 aliphatic rings. The van der Waals surface area contributed by atoms with Gasteiger partial charge in [0, 0.05) is 32.1 Å². The lowest BCUT2D eigenvalue weighted by Crippen LogP contribution is -2.54. The maximum Gasteiger partial charge on any atom is 0.236 e. The second-order valence-corrected chi connectivity index (χ2v) is 6.16. The van der Waals surface area contributed by atoms with Gasteiger partial charge >= 0.3 is 0 Å². The van der Waals surface area contributed by atoms with Gasteiger partial charge in [0.1, 0.15) is 5.41 Å². The largest absolute Gasteiger partial charge is 0.409 e. The Balaban J connectivity index is 2.19. The highest BCUT2D eigenvalue weighted by Crippen LogP contribution is 2.33. The number of carbonyl (C=O) groups is 1. The molecule has 0 aliphatic carbocycles. The molecule has 0 atom stereocenters. The van der Waals surface area contributed by atoms with Gasteiger partial charge in [-0.3, -0.25) is 4.79 Å². The molecular weight excluding hydrogens is 266 g/mol. The summed E-state index contributed by atoms with van der Waals surface area (Å²) in [6.07, 6.45) is 1.98. The van der Waals surface area contributed by atoms with Gasteiger partial charge in [-0.25, -0.2) is 0 Å². The molecule has 2 saturated heterocycles. The number of amides is 1. The Morgan fingerprint density at radius 2 is 2.05 bits per heavy atom. The van der Waals surface area contributed by atoms with Crippen molar-refractivity contribution in [2.75, 3.05) is 37.8 Å². The number of nitrogens with two attached hydrogens (primary N) is 1. The highest BCUT2D eigenvalue weighted by atomic mass is 32.2. The zero-order chi connectivity index (χ0) is 13.7. The molecule has 1 amide bonds. The molecular formula is C12H21N3O3S. The van der Waals surface area contributed by atoms with Crippen LogP contribution in [0, 0.1) is 5.41 Å². The molecule has 0 aromatic carbocycles. The normalized spacial score (nSPS) is 24.8. The van der Waals surface area contributed by atoms with Crippen molar-refractivity contribution in [2.45, 2.75) is 19.3 Å². The van der Waals surface area contributed by atoms with Crippen molar-refractivity contribution < 1.29 is 14.7 Å². The van der Waals surface area contributed by atoms with Crippen LogP contribution in [0.5, 0.6) is 0 Å². The zero-order valence-corrected chi connectivity index (χ0v) is 11.8. The fraction of sp³-hybridized carbons (Fsp3) is 0.833. The van der Waals surface area contributed by atoms with Crippen LogP contribution in [0.15, 0.2) is 5.16 Å². The topological polar surface area (TPSA) is 88.2 Å². The first kappa shape index (κ1) is 14.5. The fourth-order valence-electron chi connectivity index (χ4n) is 2.65. The summed E-state index contributed by atoms with van der Waals surface area (Å²) in [6.45, 7) is 2.45. The van der Waals surface area contributed by atoms with E-state index in [1.165, 1.54) is 0 Å². The summed E-state index contributed by atoms with van der Waals surface area (Å²) in [5.74, 6) is 2.06. The minimum atomic E-state index is -0.873. The average Bonchev–Trinajstić information content (AvgIpc) is 2.75. The second kappa shape index (κ2) is 6.47. The Morgan fingerprint density at radius 3 is 2.74 bits per heavy atom. The maximum absolute atomic E-state index is 12.8. The number of amidine groups is 1. The van der Waals surface area contributed by atoms with Crippen molar-refractivity contribution in [3.8, 4) is 0 Å². The molecule has 2 aliphatic heterocycles. The van der Waals surface area contributed by atoms with Crippen LogP contribution in [-0.4, -0.2) is 59.7 Å². The molecule has 0 saturated carbocycles. The van der Waals surface area contributed by atoms with Gasteiger partial charge in [-0.05, 0) is 25.0 Å². The third-order valence-corrected chi connectivity index (χ3v) is 4.91. The van der Waals surface area contributed by atoms with E-state index in [1.54, 1.807) is 0 Å². The smallest absolute Gasteiger partial charge is 0.236 e. The first-order valence-electron chi connectivity index (χ1n) is 6.63. The molecule has 19 heavy (non-hydrogen) atoms. The summed E-state index contributed by atoms with van der Waals surface area (Å²) < 4.78 is 5.31. The lowest BCUT2D eigenvalue weighted by atomic mass is 9.77. The molecule has 0 aromatic heterocycles. The zero-order valence-electron chi connectivity index (χ0n) is 11.0. The number of hydrogen-bond donors (Lipinski definition) is 2. The Kier molecular flexibility index (Phi) is 4.93. The van der Waals surface area contributed by atoms with E-state index in [9.17, 15) is 4.79 Å². The Labute approximate surface area is 117 Å². The first-order chi connectivity index (χ1) is 9.20. The van der Waals surface area contributed by atoms with Crippen LogP contribution < -0.4 is 5.73 Å². The summed E-state index contributed by atoms with van der Waals surface area (Å²) in [6, 6.07) is 0. The van der Waals surface area contributed by atoms with E-state index in [2.05, 4.69) is 5.16 Å². The van der Waals surface area contributed by atoms with Crippen LogP contribution in [0.2, 0.25) is 0 Å². The van der Waals surface area contributed by atoms with Gasteiger partial charge in [-0.15, -0.1) is 0 Å². The Hall–Kier alpha value is -0.950. The molecule has 0 spiro atoms. The van der Waals surface area contributed by atoms with Crippen molar-refractivity contribution in [3.63, 3.8) is 0 Å². The van der Waals surface area contributed by atoms with Crippen LogP contribution >= 0.6 is 11.8 Å². The van der Waals surface area contributed by atoms with E-state index in [-0.39, 0.29) is 11.7 Å². The fourth-order valence-corrected chi connectivity index (χ4v) is 3.53. The first-order valence-corrected chi connectivity index (χ1v) is 7.79. The minimum absolute atomic E-state index is 0.00593. The number of nitrogens with zero attached hydrogens (tertiary/aromatic N) is 2. The molecule has 3 N–H and O–H groups in total. The average molecular weight is 287 g/mol. The summed E-state index contributed by atoms with van der Waals surface area (Å²) in [4.78, 5) is 14.7. The monoisotopic (exact) mass is 287 g/mol. The Bertz CT molecular complexity index is 348. The summed E-state index contributed by atoms with van der Waals surface area (Å²) >= 11 is 1.87. The van der Waals surface area contributed by atoms with Gasteiger partial charge in [0.25, 0.3) is 0 Å². The van der Waals surface area contributed by atoms with Crippen molar-refractivity contribution >= 4 is 23.5 Å². The second-order valence-electron chi connectivity index (χ2n) is 4.94. The number of ether oxygens (including phenoxy) is 1. The molecule has 2 rings (SSSR count). The number of oxime groups is 1. The van der Waals surface area contributed by atoms with E-state index >= 15 is 0 Å². The molecule has 2 fully saturated rings. The quantitative estimate of drug-likeness (QED) is 0.334. The molecule has 6 nitrogen and oxygen atoms in total. The van der Waals surface area contributed by atoms with Crippen LogP contribution in [-0.2, 0) is 9.53 Å². The third kappa shape index (κ3) is 2.97. The summed E-state index contributed by atoms with van der Waals surface area (Å²) in [5, 5.41) is 12.1. The molecule has 7 heteroatoms. The molecule has 2 heterocycles.